The fourth-order valence-corrected chi connectivity index (χ4v) is 2.11. The summed E-state index contributed by atoms with van der Waals surface area (Å²) in [7, 11) is 0. The number of Topliss-reactive ketones (excluding diaryl/α,β-unsaturated/α-hetero) is 1. The molecule has 6 nitrogen and oxygen atoms in total. The molecule has 1 atom stereocenters. The fourth-order valence-electron chi connectivity index (χ4n) is 2.11. The number of ketones is 1. The van der Waals surface area contributed by atoms with Crippen LogP contribution in [-0.2, 0) is 16.0 Å². The number of carbonyl (C=O) groups excluding carboxylic acids is 3. The molecule has 0 fully saturated rings. The molecule has 1 aromatic heterocycles. The van der Waals surface area contributed by atoms with Crippen molar-refractivity contribution in [2.45, 2.75) is 26.4 Å². The van der Waals surface area contributed by atoms with Gasteiger partial charge in [0.1, 0.15) is 5.69 Å². The third kappa shape index (κ3) is 4.81. The number of nitrogens with one attached hydrogen (secondary N) is 2. The second-order valence-corrected chi connectivity index (χ2v) is 5.43. The molecule has 126 valence electrons. The monoisotopic (exact) mass is 328 g/mol. The maximum atomic E-state index is 12.0. The number of benzene rings is 1. The summed E-state index contributed by atoms with van der Waals surface area (Å²) < 4.78 is 5.10. The van der Waals surface area contributed by atoms with Gasteiger partial charge in [-0.1, -0.05) is 30.3 Å². The van der Waals surface area contributed by atoms with Crippen LogP contribution in [0.2, 0.25) is 0 Å². The van der Waals surface area contributed by atoms with Crippen molar-refractivity contribution in [3.8, 4) is 0 Å². The number of hydrogen-bond donors (Lipinski definition) is 2. The Morgan fingerprint density at radius 1 is 1.21 bits per heavy atom. The zero-order valence-electron chi connectivity index (χ0n) is 13.7. The highest BCUT2D eigenvalue weighted by Crippen LogP contribution is 2.07. The van der Waals surface area contributed by atoms with Crippen LogP contribution in [0.4, 0.5) is 0 Å². The molecule has 0 bridgehead atoms. The number of hydrogen-bond acceptors (Lipinski definition) is 4. The summed E-state index contributed by atoms with van der Waals surface area (Å²) >= 11 is 0. The van der Waals surface area contributed by atoms with Gasteiger partial charge in [0.25, 0.3) is 5.91 Å². The van der Waals surface area contributed by atoms with Gasteiger partial charge in [-0.15, -0.1) is 0 Å². The lowest BCUT2D eigenvalue weighted by atomic mass is 10.1. The van der Waals surface area contributed by atoms with Crippen LogP contribution in [0.25, 0.3) is 0 Å². The molecule has 0 aliphatic rings. The first kappa shape index (κ1) is 17.5. The van der Waals surface area contributed by atoms with Gasteiger partial charge in [-0.2, -0.15) is 0 Å². The Balaban J connectivity index is 1.80. The van der Waals surface area contributed by atoms with Gasteiger partial charge in [0.05, 0.1) is 0 Å². The Labute approximate surface area is 140 Å². The Morgan fingerprint density at radius 2 is 1.92 bits per heavy atom. The molecular weight excluding hydrogens is 308 g/mol. The molecule has 0 saturated carbocycles. The van der Waals surface area contributed by atoms with Crippen LogP contribution in [0.15, 0.2) is 42.6 Å². The number of esters is 1. The molecule has 2 N–H and O–H groups in total. The van der Waals surface area contributed by atoms with E-state index in [-0.39, 0.29) is 17.4 Å². The maximum Gasteiger partial charge on any atom is 0.355 e. The Kier molecular flexibility index (Phi) is 5.89. The molecular formula is C18H20N2O4. The molecule has 2 aromatic rings. The van der Waals surface area contributed by atoms with E-state index in [1.807, 2.05) is 30.3 Å². The number of aromatic nitrogens is 1. The highest BCUT2D eigenvalue weighted by atomic mass is 16.5. The van der Waals surface area contributed by atoms with Crippen LogP contribution >= 0.6 is 0 Å². The normalized spacial score (nSPS) is 11.6. The van der Waals surface area contributed by atoms with E-state index in [1.165, 1.54) is 26.1 Å². The summed E-state index contributed by atoms with van der Waals surface area (Å²) in [5.74, 6) is -1.19. The standard InChI is InChI=1S/C18H20N2O4/c1-12(21)15-10-16(20-11-15)18(23)24-13(2)17(22)19-9-8-14-6-4-3-5-7-14/h3-7,10-11,13,20H,8-9H2,1-2H3,(H,19,22)/t13-/m0/s1. The molecule has 0 aliphatic carbocycles. The van der Waals surface area contributed by atoms with Crippen LogP contribution < -0.4 is 5.32 Å². The van der Waals surface area contributed by atoms with Crippen LogP contribution in [0.1, 0.15) is 40.3 Å². The van der Waals surface area contributed by atoms with Crippen LogP contribution in [-0.4, -0.2) is 35.3 Å². The quantitative estimate of drug-likeness (QED) is 0.602. The summed E-state index contributed by atoms with van der Waals surface area (Å²) in [5, 5.41) is 2.73. The van der Waals surface area contributed by atoms with Crippen molar-refractivity contribution in [3.63, 3.8) is 0 Å². The lowest BCUT2D eigenvalue weighted by Gasteiger charge is -2.13. The number of H-pyrrole nitrogens is 1. The summed E-state index contributed by atoms with van der Waals surface area (Å²) in [5.41, 5.74) is 1.65. The Hall–Kier alpha value is -2.89. The van der Waals surface area contributed by atoms with Crippen LogP contribution in [0, 0.1) is 0 Å². The van der Waals surface area contributed by atoms with Gasteiger partial charge in [-0.25, -0.2) is 4.79 Å². The zero-order chi connectivity index (χ0) is 17.5. The number of ether oxygens (including phenoxy) is 1. The third-order valence-electron chi connectivity index (χ3n) is 3.52. The predicted octanol–water partition coefficient (Wildman–Crippen LogP) is 2.12. The van der Waals surface area contributed by atoms with Crippen molar-refractivity contribution in [1.29, 1.82) is 0 Å². The summed E-state index contributed by atoms with van der Waals surface area (Å²) in [4.78, 5) is 37.8. The second-order valence-electron chi connectivity index (χ2n) is 5.43. The van der Waals surface area contributed by atoms with E-state index < -0.39 is 12.1 Å². The van der Waals surface area contributed by atoms with E-state index in [1.54, 1.807) is 0 Å². The van der Waals surface area contributed by atoms with E-state index in [2.05, 4.69) is 10.3 Å². The van der Waals surface area contributed by atoms with Gasteiger partial charge in [0.15, 0.2) is 11.9 Å². The van der Waals surface area contributed by atoms with Gasteiger partial charge in [0, 0.05) is 18.3 Å². The zero-order valence-corrected chi connectivity index (χ0v) is 13.7. The molecule has 1 heterocycles. The minimum atomic E-state index is -0.919. The summed E-state index contributed by atoms with van der Waals surface area (Å²) in [6.45, 7) is 3.37. The molecule has 0 unspecified atom stereocenters. The molecule has 6 heteroatoms. The number of amides is 1. The average molecular weight is 328 g/mol. The van der Waals surface area contributed by atoms with Crippen molar-refractivity contribution in [2.24, 2.45) is 0 Å². The molecule has 1 amide bonds. The smallest absolute Gasteiger partial charge is 0.355 e. The topological polar surface area (TPSA) is 88.3 Å². The van der Waals surface area contributed by atoms with Crippen molar-refractivity contribution in [3.05, 3.63) is 59.4 Å². The van der Waals surface area contributed by atoms with Crippen LogP contribution in [0.3, 0.4) is 0 Å². The summed E-state index contributed by atoms with van der Waals surface area (Å²) in [6.07, 6.45) is 1.22. The lowest BCUT2D eigenvalue weighted by Crippen LogP contribution is -2.36. The number of aromatic amines is 1. The SMILES string of the molecule is CC(=O)c1c[nH]c(C(=O)O[C@@H](C)C(=O)NCCc2ccccc2)c1. The average Bonchev–Trinajstić information content (AvgIpc) is 3.06. The van der Waals surface area contributed by atoms with E-state index in [0.29, 0.717) is 18.5 Å². The summed E-state index contributed by atoms with van der Waals surface area (Å²) in [6, 6.07) is 11.2. The lowest BCUT2D eigenvalue weighted by molar-refractivity contribution is -0.129. The molecule has 1 aromatic carbocycles. The van der Waals surface area contributed by atoms with Crippen molar-refractivity contribution in [1.82, 2.24) is 10.3 Å². The second kappa shape index (κ2) is 8.10. The van der Waals surface area contributed by atoms with Gasteiger partial charge in [0.2, 0.25) is 0 Å². The van der Waals surface area contributed by atoms with E-state index in [9.17, 15) is 14.4 Å². The molecule has 2 rings (SSSR count). The molecule has 0 saturated heterocycles. The molecule has 24 heavy (non-hydrogen) atoms. The minimum absolute atomic E-state index is 0.143. The van der Waals surface area contributed by atoms with Gasteiger partial charge in [-0.3, -0.25) is 9.59 Å². The largest absolute Gasteiger partial charge is 0.448 e. The van der Waals surface area contributed by atoms with Crippen molar-refractivity contribution < 1.29 is 19.1 Å². The fraction of sp³-hybridized carbons (Fsp3) is 0.278. The Morgan fingerprint density at radius 3 is 2.54 bits per heavy atom. The third-order valence-corrected chi connectivity index (χ3v) is 3.52. The first-order chi connectivity index (χ1) is 11.5. The molecule has 0 spiro atoms. The first-order valence-electron chi connectivity index (χ1n) is 7.69. The van der Waals surface area contributed by atoms with Gasteiger partial charge >= 0.3 is 5.97 Å². The highest BCUT2D eigenvalue weighted by Gasteiger charge is 2.20. The maximum absolute atomic E-state index is 12.0. The van der Waals surface area contributed by atoms with E-state index in [0.717, 1.165) is 5.56 Å². The van der Waals surface area contributed by atoms with Crippen molar-refractivity contribution in [2.75, 3.05) is 6.54 Å². The Bertz CT molecular complexity index is 722. The van der Waals surface area contributed by atoms with E-state index >= 15 is 0 Å². The molecule has 0 aliphatic heterocycles. The minimum Gasteiger partial charge on any atom is -0.448 e. The first-order valence-corrected chi connectivity index (χ1v) is 7.69. The number of rotatable bonds is 7. The van der Waals surface area contributed by atoms with E-state index in [4.69, 9.17) is 4.74 Å². The highest BCUT2D eigenvalue weighted by molar-refractivity contribution is 5.98. The van der Waals surface area contributed by atoms with Crippen molar-refractivity contribution >= 4 is 17.7 Å². The predicted molar refractivity (Wildman–Crippen MR) is 88.8 cm³/mol. The van der Waals surface area contributed by atoms with Crippen LogP contribution in [0.5, 0.6) is 0 Å². The van der Waals surface area contributed by atoms with Gasteiger partial charge in [-0.05, 0) is 31.9 Å². The molecule has 0 radical (unpaired) electrons. The number of carbonyl (C=O) groups is 3. The van der Waals surface area contributed by atoms with Gasteiger partial charge < -0.3 is 15.0 Å².